The molecule has 1 heterocycles. The summed E-state index contributed by atoms with van der Waals surface area (Å²) in [4.78, 5) is 11.3. The van der Waals surface area contributed by atoms with Gasteiger partial charge in [-0.1, -0.05) is 52.4 Å². The summed E-state index contributed by atoms with van der Waals surface area (Å²) < 4.78 is 5.39. The largest absolute Gasteiger partial charge is 0.462 e. The molecule has 0 amide bonds. The van der Waals surface area contributed by atoms with E-state index in [1.165, 1.54) is 44.9 Å². The van der Waals surface area contributed by atoms with E-state index in [4.69, 9.17) is 4.74 Å². The van der Waals surface area contributed by atoms with Gasteiger partial charge in [0.15, 0.2) is 0 Å². The van der Waals surface area contributed by atoms with Crippen LogP contribution in [0.3, 0.4) is 0 Å². The van der Waals surface area contributed by atoms with E-state index in [0.717, 1.165) is 6.42 Å². The second-order valence-corrected chi connectivity index (χ2v) is 4.98. The minimum absolute atomic E-state index is 0.0293. The van der Waals surface area contributed by atoms with E-state index in [2.05, 4.69) is 13.8 Å². The first kappa shape index (κ1) is 13.5. The summed E-state index contributed by atoms with van der Waals surface area (Å²) in [5.74, 6) is 0.539. The number of carbonyl (C=O) groups is 1. The fraction of sp³-hybridized carbons (Fsp3) is 0.929. The summed E-state index contributed by atoms with van der Waals surface area (Å²) in [6.45, 7) is 4.42. The molecule has 1 aliphatic rings. The maximum Gasteiger partial charge on any atom is 0.306 e. The van der Waals surface area contributed by atoms with Crippen molar-refractivity contribution >= 4 is 5.97 Å². The van der Waals surface area contributed by atoms with Crippen molar-refractivity contribution in [2.75, 3.05) is 0 Å². The van der Waals surface area contributed by atoms with E-state index in [-0.39, 0.29) is 12.1 Å². The number of unbranched alkanes of at least 4 members (excludes halogenated alkanes) is 4. The van der Waals surface area contributed by atoms with Gasteiger partial charge in [0.2, 0.25) is 0 Å². The summed E-state index contributed by atoms with van der Waals surface area (Å²) in [6, 6.07) is 0. The fourth-order valence-corrected chi connectivity index (χ4v) is 2.48. The van der Waals surface area contributed by atoms with Gasteiger partial charge in [-0.15, -0.1) is 0 Å². The third-order valence-corrected chi connectivity index (χ3v) is 3.51. The molecular formula is C14H26O2. The van der Waals surface area contributed by atoms with Crippen LogP contribution in [0.25, 0.3) is 0 Å². The molecule has 0 aliphatic carbocycles. The minimum Gasteiger partial charge on any atom is -0.462 e. The molecule has 0 aromatic heterocycles. The van der Waals surface area contributed by atoms with Crippen molar-refractivity contribution in [3.8, 4) is 0 Å². The molecule has 0 N–H and O–H groups in total. The van der Waals surface area contributed by atoms with Crippen molar-refractivity contribution in [3.63, 3.8) is 0 Å². The number of rotatable bonds is 8. The van der Waals surface area contributed by atoms with Crippen LogP contribution in [0, 0.1) is 5.92 Å². The maximum atomic E-state index is 11.3. The van der Waals surface area contributed by atoms with Crippen molar-refractivity contribution < 1.29 is 9.53 Å². The van der Waals surface area contributed by atoms with Crippen LogP contribution in [0.15, 0.2) is 0 Å². The third kappa shape index (κ3) is 4.54. The van der Waals surface area contributed by atoms with Gasteiger partial charge >= 0.3 is 5.97 Å². The zero-order chi connectivity index (χ0) is 11.8. The fourth-order valence-electron chi connectivity index (χ4n) is 2.48. The molecule has 1 rings (SSSR count). The summed E-state index contributed by atoms with van der Waals surface area (Å²) in [5.41, 5.74) is 0. The minimum atomic E-state index is 0.0293. The van der Waals surface area contributed by atoms with E-state index >= 15 is 0 Å². The van der Waals surface area contributed by atoms with Crippen molar-refractivity contribution in [1.82, 2.24) is 0 Å². The van der Waals surface area contributed by atoms with E-state index < -0.39 is 0 Å². The molecule has 2 atom stereocenters. The van der Waals surface area contributed by atoms with Gasteiger partial charge in [0.05, 0.1) is 6.42 Å². The predicted octanol–water partition coefficient (Wildman–Crippen LogP) is 4.08. The van der Waals surface area contributed by atoms with Crippen LogP contribution in [-0.2, 0) is 9.53 Å². The van der Waals surface area contributed by atoms with Crippen molar-refractivity contribution in [2.45, 2.75) is 77.7 Å². The van der Waals surface area contributed by atoms with Gasteiger partial charge in [-0.05, 0) is 12.8 Å². The molecule has 0 saturated carbocycles. The monoisotopic (exact) mass is 226 g/mol. The molecule has 1 fully saturated rings. The Bertz CT molecular complexity index is 201. The molecular weight excluding hydrogens is 200 g/mol. The first-order valence-electron chi connectivity index (χ1n) is 6.97. The highest BCUT2D eigenvalue weighted by atomic mass is 16.5. The zero-order valence-electron chi connectivity index (χ0n) is 10.8. The third-order valence-electron chi connectivity index (χ3n) is 3.51. The van der Waals surface area contributed by atoms with Gasteiger partial charge in [0.1, 0.15) is 6.10 Å². The Hall–Kier alpha value is -0.530. The Labute approximate surface area is 99.8 Å². The molecule has 94 valence electrons. The van der Waals surface area contributed by atoms with Gasteiger partial charge in [-0.2, -0.15) is 0 Å². The summed E-state index contributed by atoms with van der Waals surface area (Å²) in [6.07, 6.45) is 10.7. The molecule has 1 aliphatic heterocycles. The molecule has 0 unspecified atom stereocenters. The molecule has 0 radical (unpaired) electrons. The normalized spacial score (nSPS) is 24.8. The number of hydrogen-bond donors (Lipinski definition) is 0. The van der Waals surface area contributed by atoms with Crippen LogP contribution in [0.1, 0.15) is 71.6 Å². The zero-order valence-corrected chi connectivity index (χ0v) is 10.8. The number of esters is 1. The summed E-state index contributed by atoms with van der Waals surface area (Å²) in [7, 11) is 0. The molecule has 1 saturated heterocycles. The standard InChI is InChI=1S/C14H26O2/c1-3-5-7-8-9-12-11-14(15)16-13(12)10-6-4-2/h12-13H,3-11H2,1-2H3/t12-,13-/m1/s1. The topological polar surface area (TPSA) is 26.3 Å². The lowest BCUT2D eigenvalue weighted by atomic mass is 9.91. The highest BCUT2D eigenvalue weighted by Crippen LogP contribution is 2.30. The Balaban J connectivity index is 2.23. The average Bonchev–Trinajstić information content (AvgIpc) is 2.62. The van der Waals surface area contributed by atoms with Crippen molar-refractivity contribution in [1.29, 1.82) is 0 Å². The first-order valence-corrected chi connectivity index (χ1v) is 6.97. The highest BCUT2D eigenvalue weighted by Gasteiger charge is 2.33. The van der Waals surface area contributed by atoms with E-state index in [9.17, 15) is 4.79 Å². The number of hydrogen-bond acceptors (Lipinski definition) is 2. The lowest BCUT2D eigenvalue weighted by Crippen LogP contribution is -2.15. The molecule has 2 nitrogen and oxygen atoms in total. The van der Waals surface area contributed by atoms with E-state index in [1.54, 1.807) is 0 Å². The quantitative estimate of drug-likeness (QED) is 0.460. The predicted molar refractivity (Wildman–Crippen MR) is 66.3 cm³/mol. The van der Waals surface area contributed by atoms with Crippen LogP contribution < -0.4 is 0 Å². The van der Waals surface area contributed by atoms with E-state index in [1.807, 2.05) is 0 Å². The SMILES string of the molecule is CCCCCC[C@@H]1CC(=O)O[C@@H]1CCCC. The summed E-state index contributed by atoms with van der Waals surface area (Å²) >= 11 is 0. The number of carbonyl (C=O) groups excluding carboxylic acids is 1. The van der Waals surface area contributed by atoms with Gasteiger partial charge in [-0.25, -0.2) is 0 Å². The second kappa shape index (κ2) is 7.70. The summed E-state index contributed by atoms with van der Waals surface area (Å²) in [5, 5.41) is 0. The van der Waals surface area contributed by atoms with Crippen LogP contribution in [0.5, 0.6) is 0 Å². The molecule has 0 aromatic rings. The molecule has 16 heavy (non-hydrogen) atoms. The number of cyclic esters (lactones) is 1. The lowest BCUT2D eigenvalue weighted by molar-refractivity contribution is -0.141. The van der Waals surface area contributed by atoms with Crippen molar-refractivity contribution in [2.24, 2.45) is 5.92 Å². The Morgan fingerprint density at radius 1 is 1.06 bits per heavy atom. The molecule has 0 bridgehead atoms. The van der Waals surface area contributed by atoms with Crippen LogP contribution in [0.4, 0.5) is 0 Å². The van der Waals surface area contributed by atoms with Crippen LogP contribution >= 0.6 is 0 Å². The Morgan fingerprint density at radius 3 is 2.50 bits per heavy atom. The Kier molecular flexibility index (Phi) is 6.51. The number of ether oxygens (including phenoxy) is 1. The van der Waals surface area contributed by atoms with Crippen LogP contribution in [-0.4, -0.2) is 12.1 Å². The Morgan fingerprint density at radius 2 is 1.81 bits per heavy atom. The second-order valence-electron chi connectivity index (χ2n) is 4.98. The van der Waals surface area contributed by atoms with E-state index in [0.29, 0.717) is 12.3 Å². The average molecular weight is 226 g/mol. The lowest BCUT2D eigenvalue weighted by Gasteiger charge is -2.16. The smallest absolute Gasteiger partial charge is 0.306 e. The van der Waals surface area contributed by atoms with Gasteiger partial charge in [0.25, 0.3) is 0 Å². The van der Waals surface area contributed by atoms with Gasteiger partial charge in [0, 0.05) is 5.92 Å². The molecule has 0 spiro atoms. The molecule has 0 aromatic carbocycles. The maximum absolute atomic E-state index is 11.3. The van der Waals surface area contributed by atoms with Gasteiger partial charge in [-0.3, -0.25) is 4.79 Å². The molecule has 2 heteroatoms. The van der Waals surface area contributed by atoms with Crippen LogP contribution in [0.2, 0.25) is 0 Å². The first-order chi connectivity index (χ1) is 7.77. The van der Waals surface area contributed by atoms with Crippen molar-refractivity contribution in [3.05, 3.63) is 0 Å². The van der Waals surface area contributed by atoms with Gasteiger partial charge < -0.3 is 4.74 Å². The highest BCUT2D eigenvalue weighted by molar-refractivity contribution is 5.72.